The van der Waals surface area contributed by atoms with Crippen molar-refractivity contribution in [1.82, 2.24) is 0 Å². The normalized spacial score (nSPS) is 16.6. The summed E-state index contributed by atoms with van der Waals surface area (Å²) in [5.41, 5.74) is 3.16. The summed E-state index contributed by atoms with van der Waals surface area (Å²) in [6, 6.07) is 23.5. The van der Waals surface area contributed by atoms with Crippen LogP contribution in [0.1, 0.15) is 55.0 Å². The Morgan fingerprint density at radius 3 is 1.87 bits per heavy atom. The molecule has 0 spiro atoms. The van der Waals surface area contributed by atoms with Crippen molar-refractivity contribution in [2.24, 2.45) is 0 Å². The molecule has 0 amide bonds. The number of halogens is 2. The minimum absolute atomic E-state index is 0.174. The quantitative estimate of drug-likeness (QED) is 0.213. The number of hydrogen-bond acceptors (Lipinski definition) is 3. The average molecular weight is 540 g/mol. The Hall–Kier alpha value is -2.37. The highest BCUT2D eigenvalue weighted by Crippen LogP contribution is 2.49. The SMILES string of the molecule is CCc1ccc(C(=O)C(Br)C(c2ccccc2)C2(Br)C(=O)c3ccccc3C2=O)cc1. The highest BCUT2D eigenvalue weighted by Gasteiger charge is 2.59. The van der Waals surface area contributed by atoms with E-state index in [9.17, 15) is 14.4 Å². The van der Waals surface area contributed by atoms with Crippen molar-refractivity contribution >= 4 is 49.2 Å². The third-order valence-corrected chi connectivity index (χ3v) is 8.01. The number of Topliss-reactive ketones (excluding diaryl/α,β-unsaturated/α-hetero) is 3. The van der Waals surface area contributed by atoms with E-state index < -0.39 is 15.1 Å². The van der Waals surface area contributed by atoms with Crippen LogP contribution in [0.2, 0.25) is 0 Å². The second-order valence-electron chi connectivity index (χ2n) is 7.62. The zero-order valence-electron chi connectivity index (χ0n) is 16.8. The molecule has 0 fully saturated rings. The molecule has 1 aliphatic carbocycles. The minimum Gasteiger partial charge on any atom is -0.293 e. The first kappa shape index (κ1) is 21.8. The molecule has 2 unspecified atom stereocenters. The predicted molar refractivity (Wildman–Crippen MR) is 129 cm³/mol. The van der Waals surface area contributed by atoms with Crippen molar-refractivity contribution in [3.8, 4) is 0 Å². The van der Waals surface area contributed by atoms with Gasteiger partial charge in [0.1, 0.15) is 0 Å². The van der Waals surface area contributed by atoms with Gasteiger partial charge in [0, 0.05) is 22.6 Å². The molecule has 0 saturated heterocycles. The van der Waals surface area contributed by atoms with Crippen LogP contribution >= 0.6 is 31.9 Å². The molecule has 4 rings (SSSR count). The molecule has 31 heavy (non-hydrogen) atoms. The van der Waals surface area contributed by atoms with E-state index in [-0.39, 0.29) is 17.3 Å². The molecule has 0 aromatic heterocycles. The number of aryl methyl sites for hydroxylation is 1. The van der Waals surface area contributed by atoms with Crippen molar-refractivity contribution in [1.29, 1.82) is 0 Å². The van der Waals surface area contributed by atoms with Crippen molar-refractivity contribution in [2.45, 2.75) is 28.4 Å². The number of carbonyl (C=O) groups is 3. The monoisotopic (exact) mass is 538 g/mol. The van der Waals surface area contributed by atoms with Crippen molar-refractivity contribution in [3.63, 3.8) is 0 Å². The van der Waals surface area contributed by atoms with Gasteiger partial charge in [-0.25, -0.2) is 0 Å². The van der Waals surface area contributed by atoms with Crippen LogP contribution in [-0.4, -0.2) is 26.5 Å². The van der Waals surface area contributed by atoms with E-state index in [4.69, 9.17) is 0 Å². The van der Waals surface area contributed by atoms with Crippen LogP contribution in [0.5, 0.6) is 0 Å². The average Bonchev–Trinajstić information content (AvgIpc) is 3.01. The summed E-state index contributed by atoms with van der Waals surface area (Å²) in [4.78, 5) is 39.6. The van der Waals surface area contributed by atoms with E-state index in [0.717, 1.165) is 17.5 Å². The number of alkyl halides is 2. The first-order valence-electron chi connectivity index (χ1n) is 10.1. The minimum atomic E-state index is -1.56. The molecule has 3 aromatic carbocycles. The van der Waals surface area contributed by atoms with Gasteiger partial charge in [-0.1, -0.05) is 118 Å². The first-order valence-corrected chi connectivity index (χ1v) is 11.8. The van der Waals surface area contributed by atoms with Crippen molar-refractivity contribution in [2.75, 3.05) is 0 Å². The number of ketones is 3. The number of benzene rings is 3. The lowest BCUT2D eigenvalue weighted by Crippen LogP contribution is -2.46. The van der Waals surface area contributed by atoms with Crippen LogP contribution in [-0.2, 0) is 6.42 Å². The maximum Gasteiger partial charge on any atom is 0.188 e. The third kappa shape index (κ3) is 3.64. The third-order valence-electron chi connectivity index (χ3n) is 5.85. The highest BCUT2D eigenvalue weighted by atomic mass is 79.9. The van der Waals surface area contributed by atoms with Gasteiger partial charge in [0.15, 0.2) is 21.7 Å². The summed E-state index contributed by atoms with van der Waals surface area (Å²) in [5, 5.41) is 0. The summed E-state index contributed by atoms with van der Waals surface area (Å²) in [5.74, 6) is -1.55. The fourth-order valence-corrected chi connectivity index (χ4v) is 6.41. The summed E-state index contributed by atoms with van der Waals surface area (Å²) >= 11 is 7.12. The van der Waals surface area contributed by atoms with Crippen LogP contribution in [0.25, 0.3) is 0 Å². The van der Waals surface area contributed by atoms with Gasteiger partial charge in [0.2, 0.25) is 0 Å². The molecule has 156 valence electrons. The predicted octanol–water partition coefficient (Wildman–Crippen LogP) is 6.19. The summed E-state index contributed by atoms with van der Waals surface area (Å²) in [6.07, 6.45) is 0.880. The van der Waals surface area contributed by atoms with Gasteiger partial charge in [-0.15, -0.1) is 0 Å². The molecule has 0 saturated carbocycles. The van der Waals surface area contributed by atoms with Crippen LogP contribution in [0.4, 0.5) is 0 Å². The standard InChI is InChI=1S/C26H20Br2O3/c1-2-16-12-14-18(15-13-16)23(29)22(27)21(17-8-4-3-5-9-17)26(28)24(30)19-10-6-7-11-20(19)25(26)31/h3-15,21-22H,2H2,1H3. The van der Waals surface area contributed by atoms with E-state index in [1.54, 1.807) is 36.4 Å². The fraction of sp³-hybridized carbons (Fsp3) is 0.192. The van der Waals surface area contributed by atoms with E-state index >= 15 is 0 Å². The lowest BCUT2D eigenvalue weighted by Gasteiger charge is -2.33. The van der Waals surface area contributed by atoms with E-state index in [1.807, 2.05) is 42.5 Å². The van der Waals surface area contributed by atoms with Crippen LogP contribution < -0.4 is 0 Å². The molecule has 0 heterocycles. The molecule has 1 aliphatic rings. The van der Waals surface area contributed by atoms with Gasteiger partial charge in [0.25, 0.3) is 0 Å². The van der Waals surface area contributed by atoms with Crippen LogP contribution in [0, 0.1) is 0 Å². The Labute approximate surface area is 198 Å². The molecule has 3 nitrogen and oxygen atoms in total. The summed E-state index contributed by atoms with van der Waals surface area (Å²) < 4.78 is -1.56. The Kier molecular flexibility index (Phi) is 6.09. The zero-order valence-corrected chi connectivity index (χ0v) is 20.0. The lowest BCUT2D eigenvalue weighted by atomic mass is 9.78. The molecule has 5 heteroatoms. The molecule has 3 aromatic rings. The second-order valence-corrected chi connectivity index (χ2v) is 9.86. The van der Waals surface area contributed by atoms with Gasteiger partial charge < -0.3 is 0 Å². The molecule has 0 aliphatic heterocycles. The van der Waals surface area contributed by atoms with Gasteiger partial charge in [-0.3, -0.25) is 14.4 Å². The van der Waals surface area contributed by atoms with E-state index in [2.05, 4.69) is 38.8 Å². The maximum absolute atomic E-state index is 13.5. The number of rotatable bonds is 6. The number of hydrogen-bond donors (Lipinski definition) is 0. The molecule has 0 bridgehead atoms. The topological polar surface area (TPSA) is 51.2 Å². The van der Waals surface area contributed by atoms with E-state index in [1.165, 1.54) is 0 Å². The molecular formula is C26H20Br2O3. The van der Waals surface area contributed by atoms with Gasteiger partial charge in [-0.2, -0.15) is 0 Å². The van der Waals surface area contributed by atoms with Gasteiger partial charge in [-0.05, 0) is 17.5 Å². The number of carbonyl (C=O) groups excluding carboxylic acids is 3. The smallest absolute Gasteiger partial charge is 0.188 e. The van der Waals surface area contributed by atoms with E-state index in [0.29, 0.717) is 16.7 Å². The van der Waals surface area contributed by atoms with Crippen molar-refractivity contribution in [3.05, 3.63) is 107 Å². The molecular weight excluding hydrogens is 520 g/mol. The summed E-state index contributed by atoms with van der Waals surface area (Å²) in [7, 11) is 0. The van der Waals surface area contributed by atoms with Crippen LogP contribution in [0.3, 0.4) is 0 Å². The fourth-order valence-electron chi connectivity index (χ4n) is 4.13. The van der Waals surface area contributed by atoms with Gasteiger partial charge in [0.05, 0.1) is 4.83 Å². The Morgan fingerprint density at radius 1 is 0.839 bits per heavy atom. The first-order chi connectivity index (χ1) is 14.9. The Bertz CT molecular complexity index is 1120. The Morgan fingerprint density at radius 2 is 1.35 bits per heavy atom. The van der Waals surface area contributed by atoms with Gasteiger partial charge >= 0.3 is 0 Å². The van der Waals surface area contributed by atoms with Crippen LogP contribution in [0.15, 0.2) is 78.9 Å². The molecule has 2 atom stereocenters. The number of fused-ring (bicyclic) bond motifs is 1. The summed E-state index contributed by atoms with van der Waals surface area (Å²) in [6.45, 7) is 2.05. The molecule has 0 N–H and O–H groups in total. The lowest BCUT2D eigenvalue weighted by molar-refractivity contribution is 0.0844. The highest BCUT2D eigenvalue weighted by molar-refractivity contribution is 9.11. The second kappa shape index (κ2) is 8.64. The zero-order chi connectivity index (χ0) is 22.2. The largest absolute Gasteiger partial charge is 0.293 e. The molecule has 0 radical (unpaired) electrons. The van der Waals surface area contributed by atoms with Crippen molar-refractivity contribution < 1.29 is 14.4 Å². The Balaban J connectivity index is 1.81. The maximum atomic E-state index is 13.5.